The third-order valence-corrected chi connectivity index (χ3v) is 3.17. The molecule has 1 N–H and O–H groups in total. The van der Waals surface area contributed by atoms with Crippen molar-refractivity contribution in [3.63, 3.8) is 0 Å². The van der Waals surface area contributed by atoms with Gasteiger partial charge in [-0.2, -0.15) is 0 Å². The third-order valence-electron chi connectivity index (χ3n) is 3.17. The molecule has 0 amide bonds. The number of carboxylic acids is 1. The molecule has 0 bridgehead atoms. The molecule has 1 aromatic rings. The molecule has 1 aromatic heterocycles. The standard InChI is InChI=1S/C14H22N2O3/c1-7-19-14(5,6)13-15-9(3)11(10(4)16-13)8(2)12(17)18/h8H,7H2,1-6H3,(H,17,18). The number of hydrogen-bond donors (Lipinski definition) is 1. The molecule has 0 saturated heterocycles. The molecular weight excluding hydrogens is 244 g/mol. The summed E-state index contributed by atoms with van der Waals surface area (Å²) in [5.41, 5.74) is 1.51. The Bertz CT molecular complexity index is 461. The molecule has 5 nitrogen and oxygen atoms in total. The average Bonchev–Trinajstić information content (AvgIpc) is 2.27. The summed E-state index contributed by atoms with van der Waals surface area (Å²) in [4.78, 5) is 20.0. The Morgan fingerprint density at radius 1 is 1.32 bits per heavy atom. The molecule has 0 aliphatic heterocycles. The Morgan fingerprint density at radius 3 is 2.16 bits per heavy atom. The minimum atomic E-state index is -0.869. The summed E-state index contributed by atoms with van der Waals surface area (Å²) in [7, 11) is 0. The second-order valence-electron chi connectivity index (χ2n) is 5.13. The Kier molecular flexibility index (Phi) is 4.63. The number of nitrogens with zero attached hydrogens (tertiary/aromatic N) is 2. The van der Waals surface area contributed by atoms with E-state index < -0.39 is 17.5 Å². The van der Waals surface area contributed by atoms with E-state index in [1.54, 1.807) is 6.92 Å². The molecule has 0 spiro atoms. The number of aryl methyl sites for hydroxylation is 2. The fourth-order valence-electron chi connectivity index (χ4n) is 2.17. The fourth-order valence-corrected chi connectivity index (χ4v) is 2.17. The van der Waals surface area contributed by atoms with Crippen LogP contribution in [0.1, 0.15) is 56.4 Å². The summed E-state index contributed by atoms with van der Waals surface area (Å²) >= 11 is 0. The Hall–Kier alpha value is -1.49. The zero-order chi connectivity index (χ0) is 14.8. The molecule has 5 heteroatoms. The van der Waals surface area contributed by atoms with E-state index in [4.69, 9.17) is 9.84 Å². The Balaban J connectivity index is 3.28. The smallest absolute Gasteiger partial charge is 0.310 e. The van der Waals surface area contributed by atoms with E-state index in [0.29, 0.717) is 29.4 Å². The Morgan fingerprint density at radius 2 is 1.79 bits per heavy atom. The van der Waals surface area contributed by atoms with E-state index in [2.05, 4.69) is 9.97 Å². The lowest BCUT2D eigenvalue weighted by Gasteiger charge is -2.25. The predicted molar refractivity (Wildman–Crippen MR) is 72.2 cm³/mol. The van der Waals surface area contributed by atoms with Gasteiger partial charge in [-0.3, -0.25) is 4.79 Å². The molecule has 1 heterocycles. The van der Waals surface area contributed by atoms with Crippen LogP contribution in [0.2, 0.25) is 0 Å². The number of aliphatic carboxylic acids is 1. The van der Waals surface area contributed by atoms with Crippen LogP contribution in [0.4, 0.5) is 0 Å². The highest BCUT2D eigenvalue weighted by molar-refractivity contribution is 5.76. The van der Waals surface area contributed by atoms with Crippen molar-refractivity contribution in [3.8, 4) is 0 Å². The first-order valence-corrected chi connectivity index (χ1v) is 6.43. The largest absolute Gasteiger partial charge is 0.481 e. The van der Waals surface area contributed by atoms with Gasteiger partial charge in [-0.1, -0.05) is 0 Å². The summed E-state index contributed by atoms with van der Waals surface area (Å²) in [5, 5.41) is 9.12. The van der Waals surface area contributed by atoms with Crippen LogP contribution in [0.5, 0.6) is 0 Å². The lowest BCUT2D eigenvalue weighted by Crippen LogP contribution is -2.26. The average molecular weight is 266 g/mol. The summed E-state index contributed by atoms with van der Waals surface area (Å²) in [6, 6.07) is 0. The van der Waals surface area contributed by atoms with E-state index in [1.165, 1.54) is 0 Å². The van der Waals surface area contributed by atoms with E-state index in [9.17, 15) is 4.79 Å². The second-order valence-corrected chi connectivity index (χ2v) is 5.13. The van der Waals surface area contributed by atoms with Gasteiger partial charge < -0.3 is 9.84 Å². The number of carboxylic acid groups (broad SMARTS) is 1. The lowest BCUT2D eigenvalue weighted by atomic mass is 9.97. The zero-order valence-electron chi connectivity index (χ0n) is 12.4. The maximum Gasteiger partial charge on any atom is 0.310 e. The number of carbonyl (C=O) groups is 1. The summed E-state index contributed by atoms with van der Waals surface area (Å²) in [6.45, 7) is 11.6. The molecule has 19 heavy (non-hydrogen) atoms. The fraction of sp³-hybridized carbons (Fsp3) is 0.643. The predicted octanol–water partition coefficient (Wildman–Crippen LogP) is 2.55. The highest BCUT2D eigenvalue weighted by Crippen LogP contribution is 2.26. The maximum absolute atomic E-state index is 11.1. The van der Waals surface area contributed by atoms with E-state index in [1.807, 2.05) is 34.6 Å². The van der Waals surface area contributed by atoms with Crippen molar-refractivity contribution >= 4 is 5.97 Å². The summed E-state index contributed by atoms with van der Waals surface area (Å²) in [6.07, 6.45) is 0. The number of rotatable bonds is 5. The SMILES string of the molecule is CCOC(C)(C)c1nc(C)c(C(C)C(=O)O)c(C)n1. The first kappa shape index (κ1) is 15.6. The van der Waals surface area contributed by atoms with Crippen LogP contribution in [0, 0.1) is 13.8 Å². The molecule has 0 fully saturated rings. The van der Waals surface area contributed by atoms with Crippen molar-refractivity contribution in [2.45, 2.75) is 53.1 Å². The molecule has 1 rings (SSSR count). The molecule has 1 unspecified atom stereocenters. The minimum absolute atomic E-state index is 0.571. The monoisotopic (exact) mass is 266 g/mol. The zero-order valence-corrected chi connectivity index (χ0v) is 12.4. The van der Waals surface area contributed by atoms with Gasteiger partial charge in [0.25, 0.3) is 0 Å². The molecule has 0 aliphatic rings. The van der Waals surface area contributed by atoms with Crippen LogP contribution in [0.15, 0.2) is 0 Å². The van der Waals surface area contributed by atoms with Gasteiger partial charge in [0.15, 0.2) is 5.82 Å². The van der Waals surface area contributed by atoms with Crippen LogP contribution in [0.25, 0.3) is 0 Å². The summed E-state index contributed by atoms with van der Waals surface area (Å²) < 4.78 is 5.63. The normalized spacial score (nSPS) is 13.4. The van der Waals surface area contributed by atoms with Gasteiger partial charge in [-0.25, -0.2) is 9.97 Å². The van der Waals surface area contributed by atoms with Crippen molar-refractivity contribution in [2.75, 3.05) is 6.61 Å². The highest BCUT2D eigenvalue weighted by Gasteiger charge is 2.28. The number of aromatic nitrogens is 2. The van der Waals surface area contributed by atoms with E-state index in [-0.39, 0.29) is 0 Å². The molecule has 0 saturated carbocycles. The van der Waals surface area contributed by atoms with Crippen LogP contribution in [0.3, 0.4) is 0 Å². The molecular formula is C14H22N2O3. The van der Waals surface area contributed by atoms with Gasteiger partial charge in [0.2, 0.25) is 0 Å². The second kappa shape index (κ2) is 5.65. The first-order chi connectivity index (χ1) is 8.70. The van der Waals surface area contributed by atoms with Crippen LogP contribution in [-0.4, -0.2) is 27.7 Å². The number of hydrogen-bond acceptors (Lipinski definition) is 4. The van der Waals surface area contributed by atoms with Gasteiger partial charge in [0, 0.05) is 23.6 Å². The third kappa shape index (κ3) is 3.29. The van der Waals surface area contributed by atoms with Gasteiger partial charge in [0.05, 0.1) is 5.92 Å². The first-order valence-electron chi connectivity index (χ1n) is 6.43. The van der Waals surface area contributed by atoms with Crippen molar-refractivity contribution in [1.29, 1.82) is 0 Å². The molecule has 106 valence electrons. The van der Waals surface area contributed by atoms with Crippen molar-refractivity contribution in [3.05, 3.63) is 22.8 Å². The molecule has 1 atom stereocenters. The van der Waals surface area contributed by atoms with Crippen LogP contribution < -0.4 is 0 Å². The van der Waals surface area contributed by atoms with Crippen molar-refractivity contribution in [2.24, 2.45) is 0 Å². The minimum Gasteiger partial charge on any atom is -0.481 e. The van der Waals surface area contributed by atoms with Gasteiger partial charge in [-0.05, 0) is 41.5 Å². The highest BCUT2D eigenvalue weighted by atomic mass is 16.5. The molecule has 0 aliphatic carbocycles. The topological polar surface area (TPSA) is 72.3 Å². The van der Waals surface area contributed by atoms with Crippen molar-refractivity contribution in [1.82, 2.24) is 9.97 Å². The van der Waals surface area contributed by atoms with Gasteiger partial charge >= 0.3 is 5.97 Å². The Labute approximate surface area is 114 Å². The molecule has 0 radical (unpaired) electrons. The summed E-state index contributed by atoms with van der Waals surface area (Å²) in [5.74, 6) is -0.887. The van der Waals surface area contributed by atoms with Crippen LogP contribution >= 0.6 is 0 Å². The van der Waals surface area contributed by atoms with Crippen LogP contribution in [-0.2, 0) is 15.1 Å². The van der Waals surface area contributed by atoms with Gasteiger partial charge in [0.1, 0.15) is 5.60 Å². The molecule has 0 aromatic carbocycles. The lowest BCUT2D eigenvalue weighted by molar-refractivity contribution is -0.138. The van der Waals surface area contributed by atoms with Gasteiger partial charge in [-0.15, -0.1) is 0 Å². The maximum atomic E-state index is 11.1. The quantitative estimate of drug-likeness (QED) is 0.886. The number of ether oxygens (including phenoxy) is 1. The van der Waals surface area contributed by atoms with E-state index in [0.717, 1.165) is 0 Å². The van der Waals surface area contributed by atoms with Crippen molar-refractivity contribution < 1.29 is 14.6 Å². The van der Waals surface area contributed by atoms with E-state index >= 15 is 0 Å².